The lowest BCUT2D eigenvalue weighted by atomic mass is 10.2. The van der Waals surface area contributed by atoms with Crippen molar-refractivity contribution in [2.45, 2.75) is 13.5 Å². The van der Waals surface area contributed by atoms with Crippen LogP contribution in [0, 0.1) is 6.92 Å². The summed E-state index contributed by atoms with van der Waals surface area (Å²) in [6.07, 6.45) is 1.83. The minimum atomic E-state index is 0.491. The molecule has 3 N–H and O–H groups in total. The Balaban J connectivity index is 1.36. The number of hydrogen-bond donors (Lipinski definition) is 3. The van der Waals surface area contributed by atoms with Crippen LogP contribution in [-0.4, -0.2) is 56.2 Å². The van der Waals surface area contributed by atoms with Gasteiger partial charge in [0.05, 0.1) is 11.0 Å². The summed E-state index contributed by atoms with van der Waals surface area (Å²) < 4.78 is 6.26. The molecule has 1 fully saturated rings. The summed E-state index contributed by atoms with van der Waals surface area (Å²) in [5.41, 5.74) is 3.76. The maximum atomic E-state index is 5.26. The molecule has 1 saturated heterocycles. The molecule has 1 aliphatic rings. The van der Waals surface area contributed by atoms with E-state index in [1.165, 1.54) is 5.56 Å². The second-order valence-corrected chi connectivity index (χ2v) is 8.13. The highest BCUT2D eigenvalue weighted by molar-refractivity contribution is 9.10. The molecule has 1 aliphatic heterocycles. The summed E-state index contributed by atoms with van der Waals surface area (Å²) >= 11 is 3.63. The number of aromatic amines is 1. The first kappa shape index (κ1) is 19.2. The zero-order valence-corrected chi connectivity index (χ0v) is 18.0. The molecule has 30 heavy (non-hydrogen) atoms. The van der Waals surface area contributed by atoms with Crippen molar-refractivity contribution in [1.82, 2.24) is 35.3 Å². The Morgan fingerprint density at radius 3 is 2.87 bits per heavy atom. The molecule has 4 aromatic rings. The number of nitrogens with zero attached hydrogens (tertiary/aromatic N) is 5. The first-order chi connectivity index (χ1) is 14.6. The lowest BCUT2D eigenvalue weighted by molar-refractivity contribution is 0.233. The summed E-state index contributed by atoms with van der Waals surface area (Å²) in [7, 11) is 0. The third-order valence-electron chi connectivity index (χ3n) is 5.04. The molecule has 0 unspecified atom stereocenters. The van der Waals surface area contributed by atoms with Crippen molar-refractivity contribution in [3.05, 3.63) is 46.3 Å². The smallest absolute Gasteiger partial charge is 0.257 e. The quantitative estimate of drug-likeness (QED) is 0.409. The van der Waals surface area contributed by atoms with Crippen LogP contribution < -0.4 is 10.6 Å². The Labute approximate surface area is 181 Å². The van der Waals surface area contributed by atoms with E-state index in [4.69, 9.17) is 4.52 Å². The molecule has 3 aromatic heterocycles. The molecule has 4 heterocycles. The van der Waals surface area contributed by atoms with Crippen LogP contribution >= 0.6 is 15.9 Å². The Hall–Kier alpha value is -2.82. The van der Waals surface area contributed by atoms with Gasteiger partial charge in [-0.25, -0.2) is 9.97 Å². The van der Waals surface area contributed by atoms with Gasteiger partial charge in [-0.15, -0.1) is 0 Å². The zero-order chi connectivity index (χ0) is 20.5. The van der Waals surface area contributed by atoms with Crippen LogP contribution in [0.25, 0.3) is 22.5 Å². The van der Waals surface area contributed by atoms with Crippen molar-refractivity contribution in [1.29, 1.82) is 0 Å². The molecular formula is C20H21BrN8O. The molecule has 10 heteroatoms. The number of anilines is 2. The molecule has 5 rings (SSSR count). The number of H-pyrrole nitrogens is 1. The van der Waals surface area contributed by atoms with E-state index >= 15 is 0 Å². The van der Waals surface area contributed by atoms with Crippen LogP contribution in [-0.2, 0) is 6.54 Å². The van der Waals surface area contributed by atoms with E-state index in [0.29, 0.717) is 17.7 Å². The van der Waals surface area contributed by atoms with Crippen molar-refractivity contribution in [3.8, 4) is 11.5 Å². The summed E-state index contributed by atoms with van der Waals surface area (Å²) in [5.74, 6) is 2.47. The van der Waals surface area contributed by atoms with Crippen molar-refractivity contribution < 1.29 is 4.52 Å². The Kier molecular flexibility index (Phi) is 5.19. The van der Waals surface area contributed by atoms with Crippen LogP contribution in [0.15, 0.2) is 39.5 Å². The normalized spacial score (nSPS) is 15.0. The van der Waals surface area contributed by atoms with Crippen molar-refractivity contribution in [2.75, 3.05) is 31.5 Å². The van der Waals surface area contributed by atoms with Gasteiger partial charge >= 0.3 is 0 Å². The molecule has 0 spiro atoms. The zero-order valence-electron chi connectivity index (χ0n) is 16.4. The number of fused-ring (bicyclic) bond motifs is 1. The second-order valence-electron chi connectivity index (χ2n) is 7.28. The fourth-order valence-electron chi connectivity index (χ4n) is 3.52. The van der Waals surface area contributed by atoms with E-state index in [2.05, 4.69) is 62.6 Å². The van der Waals surface area contributed by atoms with E-state index in [1.54, 1.807) is 6.92 Å². The summed E-state index contributed by atoms with van der Waals surface area (Å²) in [4.78, 5) is 19.1. The predicted molar refractivity (Wildman–Crippen MR) is 117 cm³/mol. The minimum Gasteiger partial charge on any atom is -0.334 e. The number of piperazine rings is 1. The Bertz CT molecular complexity index is 1180. The number of rotatable bonds is 5. The van der Waals surface area contributed by atoms with Gasteiger partial charge in [-0.2, -0.15) is 4.98 Å². The molecule has 154 valence electrons. The van der Waals surface area contributed by atoms with E-state index in [0.717, 1.165) is 59.6 Å². The molecule has 0 aliphatic carbocycles. The van der Waals surface area contributed by atoms with E-state index in [1.807, 2.05) is 24.4 Å². The Morgan fingerprint density at radius 2 is 2.07 bits per heavy atom. The highest BCUT2D eigenvalue weighted by Crippen LogP contribution is 2.25. The first-order valence-corrected chi connectivity index (χ1v) is 10.6. The summed E-state index contributed by atoms with van der Waals surface area (Å²) in [6, 6.07) is 7.86. The maximum Gasteiger partial charge on any atom is 0.257 e. The van der Waals surface area contributed by atoms with Gasteiger partial charge in [0.2, 0.25) is 5.95 Å². The van der Waals surface area contributed by atoms with Crippen molar-refractivity contribution >= 4 is 38.7 Å². The lowest BCUT2D eigenvalue weighted by Gasteiger charge is -2.27. The number of pyridine rings is 1. The summed E-state index contributed by atoms with van der Waals surface area (Å²) in [6.45, 7) is 6.82. The van der Waals surface area contributed by atoms with Crippen LogP contribution in [0.1, 0.15) is 11.4 Å². The standard InChI is InChI=1S/C20H21BrN8O/c1-12-24-19(30-28-12)13-2-3-16-17(8-13)26-20(25-16)27-18-9-14(15(21)10-23-18)11-29-6-4-22-5-7-29/h2-3,8-10,22H,4-7,11H2,1H3,(H2,23,25,26,27). The first-order valence-electron chi connectivity index (χ1n) is 9.79. The second kappa shape index (κ2) is 8.13. The molecule has 0 saturated carbocycles. The molecule has 0 radical (unpaired) electrons. The van der Waals surface area contributed by atoms with Gasteiger partial charge in [-0.05, 0) is 52.7 Å². The van der Waals surface area contributed by atoms with E-state index in [9.17, 15) is 0 Å². The van der Waals surface area contributed by atoms with Crippen LogP contribution in [0.5, 0.6) is 0 Å². The fraction of sp³-hybridized carbons (Fsp3) is 0.300. The maximum absolute atomic E-state index is 5.26. The molecule has 9 nitrogen and oxygen atoms in total. The van der Waals surface area contributed by atoms with Gasteiger partial charge < -0.3 is 20.1 Å². The highest BCUT2D eigenvalue weighted by atomic mass is 79.9. The van der Waals surface area contributed by atoms with Crippen LogP contribution in [0.2, 0.25) is 0 Å². The van der Waals surface area contributed by atoms with Gasteiger partial charge in [0.1, 0.15) is 5.82 Å². The predicted octanol–water partition coefficient (Wildman–Crippen LogP) is 3.23. The highest BCUT2D eigenvalue weighted by Gasteiger charge is 2.14. The van der Waals surface area contributed by atoms with Gasteiger partial charge in [0.25, 0.3) is 5.89 Å². The van der Waals surface area contributed by atoms with Gasteiger partial charge in [-0.3, -0.25) is 4.90 Å². The largest absolute Gasteiger partial charge is 0.334 e. The third kappa shape index (κ3) is 4.07. The van der Waals surface area contributed by atoms with Gasteiger partial charge in [0.15, 0.2) is 5.82 Å². The number of benzene rings is 1. The van der Waals surface area contributed by atoms with Gasteiger partial charge in [-0.1, -0.05) is 5.16 Å². The number of nitrogens with one attached hydrogen (secondary N) is 3. The molecule has 0 atom stereocenters. The van der Waals surface area contributed by atoms with Gasteiger partial charge in [0, 0.05) is 49.0 Å². The lowest BCUT2D eigenvalue weighted by Crippen LogP contribution is -2.42. The number of hydrogen-bond acceptors (Lipinski definition) is 8. The topological polar surface area (TPSA) is 108 Å². The number of halogens is 1. The molecule has 0 bridgehead atoms. The van der Waals surface area contributed by atoms with E-state index < -0.39 is 0 Å². The van der Waals surface area contributed by atoms with Crippen LogP contribution in [0.3, 0.4) is 0 Å². The summed E-state index contributed by atoms with van der Waals surface area (Å²) in [5, 5.41) is 10.5. The molecule has 0 amide bonds. The molecule has 1 aromatic carbocycles. The van der Waals surface area contributed by atoms with E-state index in [-0.39, 0.29) is 0 Å². The van der Waals surface area contributed by atoms with Crippen LogP contribution in [0.4, 0.5) is 11.8 Å². The average molecular weight is 469 g/mol. The third-order valence-corrected chi connectivity index (χ3v) is 5.76. The number of imidazole rings is 1. The SMILES string of the molecule is Cc1noc(-c2ccc3nc(Nc4cc(CN5CCNCC5)c(Br)cn4)[nH]c3c2)n1. The fourth-order valence-corrected chi connectivity index (χ4v) is 3.86. The molecular weight excluding hydrogens is 448 g/mol. The minimum absolute atomic E-state index is 0.491. The number of aryl methyl sites for hydroxylation is 1. The van der Waals surface area contributed by atoms with Crippen molar-refractivity contribution in [3.63, 3.8) is 0 Å². The number of aromatic nitrogens is 5. The van der Waals surface area contributed by atoms with Crippen molar-refractivity contribution in [2.24, 2.45) is 0 Å². The Morgan fingerprint density at radius 1 is 1.20 bits per heavy atom. The monoisotopic (exact) mass is 468 g/mol. The average Bonchev–Trinajstić information content (AvgIpc) is 3.36.